The fourth-order valence-corrected chi connectivity index (χ4v) is 5.56. The van der Waals surface area contributed by atoms with E-state index in [1.807, 2.05) is 6.92 Å². The highest BCUT2D eigenvalue weighted by Crippen LogP contribution is 2.29. The van der Waals surface area contributed by atoms with Crippen LogP contribution in [0.3, 0.4) is 0 Å². The summed E-state index contributed by atoms with van der Waals surface area (Å²) in [6, 6.07) is 4.17. The van der Waals surface area contributed by atoms with E-state index in [1.165, 1.54) is 31.0 Å². The van der Waals surface area contributed by atoms with Crippen molar-refractivity contribution in [2.24, 2.45) is 0 Å². The number of fused-ring (bicyclic) bond motifs is 1. The van der Waals surface area contributed by atoms with Gasteiger partial charge in [-0.15, -0.1) is 0 Å². The predicted octanol–water partition coefficient (Wildman–Crippen LogP) is 2.38. The van der Waals surface area contributed by atoms with Crippen LogP contribution in [0.4, 0.5) is 4.39 Å². The summed E-state index contributed by atoms with van der Waals surface area (Å²) >= 11 is 0. The third-order valence-corrected chi connectivity index (χ3v) is 6.99. The van der Waals surface area contributed by atoms with Gasteiger partial charge in [-0.25, -0.2) is 12.8 Å². The van der Waals surface area contributed by atoms with Crippen molar-refractivity contribution in [1.82, 2.24) is 9.21 Å². The van der Waals surface area contributed by atoms with Crippen LogP contribution >= 0.6 is 0 Å². The van der Waals surface area contributed by atoms with Gasteiger partial charge in [0.25, 0.3) is 0 Å². The van der Waals surface area contributed by atoms with Crippen molar-refractivity contribution in [1.29, 1.82) is 0 Å². The van der Waals surface area contributed by atoms with Gasteiger partial charge in [-0.1, -0.05) is 6.42 Å². The molecule has 22 heavy (non-hydrogen) atoms. The minimum absolute atomic E-state index is 0.0520. The maximum Gasteiger partial charge on any atom is 0.243 e. The molecule has 0 bridgehead atoms. The topological polar surface area (TPSA) is 40.6 Å². The van der Waals surface area contributed by atoms with Crippen molar-refractivity contribution >= 4 is 10.0 Å². The van der Waals surface area contributed by atoms with Crippen molar-refractivity contribution in [2.45, 2.75) is 50.1 Å². The van der Waals surface area contributed by atoms with Gasteiger partial charge in [-0.3, -0.25) is 4.90 Å². The molecule has 122 valence electrons. The molecule has 0 amide bonds. The Bertz CT molecular complexity index is 662. The molecule has 0 saturated carbocycles. The lowest BCUT2D eigenvalue weighted by Crippen LogP contribution is -2.59. The highest BCUT2D eigenvalue weighted by atomic mass is 32.2. The molecule has 0 aromatic heterocycles. The van der Waals surface area contributed by atoms with Gasteiger partial charge < -0.3 is 0 Å². The van der Waals surface area contributed by atoms with Crippen molar-refractivity contribution < 1.29 is 12.8 Å². The first-order valence-electron chi connectivity index (χ1n) is 7.91. The molecule has 0 radical (unpaired) electrons. The number of nitrogens with zero attached hydrogens (tertiary/aromatic N) is 2. The third kappa shape index (κ3) is 2.79. The maximum absolute atomic E-state index is 13.3. The minimum atomic E-state index is -3.57. The molecule has 1 aromatic rings. The van der Waals surface area contributed by atoms with Crippen LogP contribution in [0.25, 0.3) is 0 Å². The smallest absolute Gasteiger partial charge is 0.243 e. The van der Waals surface area contributed by atoms with Gasteiger partial charge in [-0.2, -0.15) is 4.31 Å². The number of benzene rings is 1. The number of rotatable bonds is 2. The number of piperidine rings is 1. The van der Waals surface area contributed by atoms with E-state index in [-0.39, 0.29) is 10.9 Å². The van der Waals surface area contributed by atoms with Gasteiger partial charge in [0.15, 0.2) is 0 Å². The summed E-state index contributed by atoms with van der Waals surface area (Å²) in [4.78, 5) is 2.64. The van der Waals surface area contributed by atoms with E-state index >= 15 is 0 Å². The molecule has 2 fully saturated rings. The van der Waals surface area contributed by atoms with Gasteiger partial charge >= 0.3 is 0 Å². The number of hydrogen-bond acceptors (Lipinski definition) is 3. The van der Waals surface area contributed by atoms with Crippen LogP contribution in [0.2, 0.25) is 0 Å². The van der Waals surface area contributed by atoms with E-state index in [9.17, 15) is 12.8 Å². The third-order valence-electron chi connectivity index (χ3n) is 4.85. The first-order chi connectivity index (χ1) is 10.4. The second-order valence-electron chi connectivity index (χ2n) is 6.48. The second-order valence-corrected chi connectivity index (χ2v) is 8.34. The molecule has 0 N–H and O–H groups in total. The minimum Gasteiger partial charge on any atom is -0.297 e. The number of halogens is 1. The van der Waals surface area contributed by atoms with Crippen LogP contribution in [-0.2, 0) is 10.0 Å². The predicted molar refractivity (Wildman–Crippen MR) is 83.7 cm³/mol. The molecule has 2 atom stereocenters. The molecular weight excluding hydrogens is 303 g/mol. The van der Waals surface area contributed by atoms with Crippen molar-refractivity contribution in [3.63, 3.8) is 0 Å². The summed E-state index contributed by atoms with van der Waals surface area (Å²) in [5.74, 6) is -0.401. The SMILES string of the molecule is Cc1cc(F)ccc1S(=O)(=O)N1C[C@H]2CCCCN2C[C@H]1C. The molecule has 2 aliphatic rings. The number of hydrogen-bond donors (Lipinski definition) is 0. The Hall–Kier alpha value is -0.980. The molecule has 0 unspecified atom stereocenters. The van der Waals surface area contributed by atoms with E-state index < -0.39 is 15.8 Å². The van der Waals surface area contributed by atoms with Crippen LogP contribution in [-0.4, -0.2) is 49.3 Å². The quantitative estimate of drug-likeness (QED) is 0.838. The Kier molecular flexibility index (Phi) is 4.27. The summed E-state index contributed by atoms with van der Waals surface area (Å²) in [6.07, 6.45) is 3.42. The Morgan fingerprint density at radius 1 is 1.23 bits per heavy atom. The lowest BCUT2D eigenvalue weighted by Gasteiger charge is -2.46. The fourth-order valence-electron chi connectivity index (χ4n) is 3.69. The van der Waals surface area contributed by atoms with Gasteiger partial charge in [0.05, 0.1) is 4.90 Å². The van der Waals surface area contributed by atoms with Crippen LogP contribution in [0.1, 0.15) is 31.7 Å². The molecule has 0 aliphatic carbocycles. The largest absolute Gasteiger partial charge is 0.297 e. The summed E-state index contributed by atoms with van der Waals surface area (Å²) in [5, 5.41) is 0. The highest BCUT2D eigenvalue weighted by molar-refractivity contribution is 7.89. The molecule has 1 aromatic carbocycles. The van der Waals surface area contributed by atoms with Gasteiger partial charge in [0.1, 0.15) is 5.82 Å². The van der Waals surface area contributed by atoms with Crippen LogP contribution < -0.4 is 0 Å². The summed E-state index contributed by atoms with van der Waals surface area (Å²) in [5.41, 5.74) is 0.471. The number of sulfonamides is 1. The summed E-state index contributed by atoms with van der Waals surface area (Å²) in [7, 11) is -3.57. The van der Waals surface area contributed by atoms with Crippen molar-refractivity contribution in [3.05, 3.63) is 29.6 Å². The van der Waals surface area contributed by atoms with Crippen LogP contribution in [0.5, 0.6) is 0 Å². The number of piperazine rings is 1. The molecule has 0 spiro atoms. The zero-order chi connectivity index (χ0) is 15.9. The standard InChI is InChI=1S/C16H23FN2O2S/c1-12-9-14(17)6-7-16(12)22(20,21)19-11-15-5-3-4-8-18(15)10-13(19)2/h6-7,9,13,15H,3-5,8,10-11H2,1-2H3/t13-,15-/m1/s1. The molecule has 3 rings (SSSR count). The Morgan fingerprint density at radius 3 is 2.73 bits per heavy atom. The molecular formula is C16H23FN2O2S. The van der Waals surface area contributed by atoms with E-state index in [4.69, 9.17) is 0 Å². The summed E-state index contributed by atoms with van der Waals surface area (Å²) in [6.45, 7) is 6.00. The molecule has 2 aliphatic heterocycles. The average Bonchev–Trinajstić information content (AvgIpc) is 2.46. The average molecular weight is 326 g/mol. The lowest BCUT2D eigenvalue weighted by molar-refractivity contribution is 0.0564. The highest BCUT2D eigenvalue weighted by Gasteiger charge is 2.39. The fraction of sp³-hybridized carbons (Fsp3) is 0.625. The van der Waals surface area contributed by atoms with Gasteiger partial charge in [-0.05, 0) is 57.0 Å². The van der Waals surface area contributed by atoms with Gasteiger partial charge in [0, 0.05) is 25.2 Å². The number of aryl methyl sites for hydroxylation is 1. The Balaban J connectivity index is 1.91. The molecule has 2 saturated heterocycles. The molecule has 2 heterocycles. The van der Waals surface area contributed by atoms with Crippen molar-refractivity contribution in [3.8, 4) is 0 Å². The van der Waals surface area contributed by atoms with E-state index in [2.05, 4.69) is 4.90 Å². The first kappa shape index (κ1) is 15.9. The van der Waals surface area contributed by atoms with E-state index in [0.717, 1.165) is 19.5 Å². The van der Waals surface area contributed by atoms with Crippen molar-refractivity contribution in [2.75, 3.05) is 19.6 Å². The van der Waals surface area contributed by atoms with Crippen LogP contribution in [0.15, 0.2) is 23.1 Å². The molecule has 6 heteroatoms. The van der Waals surface area contributed by atoms with E-state index in [0.29, 0.717) is 18.2 Å². The zero-order valence-electron chi connectivity index (χ0n) is 13.1. The normalized spacial score (nSPS) is 27.6. The lowest BCUT2D eigenvalue weighted by atomic mass is 9.99. The zero-order valence-corrected chi connectivity index (χ0v) is 13.9. The Labute approximate surface area is 132 Å². The maximum atomic E-state index is 13.3. The Morgan fingerprint density at radius 2 is 2.00 bits per heavy atom. The monoisotopic (exact) mass is 326 g/mol. The van der Waals surface area contributed by atoms with Gasteiger partial charge in [0.2, 0.25) is 10.0 Å². The van der Waals surface area contributed by atoms with E-state index in [1.54, 1.807) is 11.2 Å². The second kappa shape index (κ2) is 5.91. The summed E-state index contributed by atoms with van der Waals surface area (Å²) < 4.78 is 40.9. The molecule has 4 nitrogen and oxygen atoms in total. The first-order valence-corrected chi connectivity index (χ1v) is 9.35. The van der Waals surface area contributed by atoms with Crippen LogP contribution in [0, 0.1) is 12.7 Å².